The standard InChI is InChI=1S/C17H22N2O2/c1-12-5-7-15(9-13(12)2)18-17(20)11-19(4)10-16-8-6-14(3)21-16/h5-9H,10-11H2,1-4H3,(H,18,20)/p+1. The molecule has 2 aromatic rings. The molecule has 0 aliphatic rings. The van der Waals surface area contributed by atoms with Crippen molar-refractivity contribution in [1.82, 2.24) is 0 Å². The van der Waals surface area contributed by atoms with E-state index in [9.17, 15) is 4.79 Å². The number of rotatable bonds is 5. The van der Waals surface area contributed by atoms with Crippen LogP contribution in [-0.2, 0) is 11.3 Å². The van der Waals surface area contributed by atoms with E-state index in [1.807, 2.05) is 51.2 Å². The molecule has 112 valence electrons. The normalized spacial score (nSPS) is 12.2. The van der Waals surface area contributed by atoms with Crippen LogP contribution in [-0.4, -0.2) is 19.5 Å². The molecule has 4 nitrogen and oxygen atoms in total. The van der Waals surface area contributed by atoms with Gasteiger partial charge >= 0.3 is 0 Å². The summed E-state index contributed by atoms with van der Waals surface area (Å²) in [4.78, 5) is 13.1. The minimum Gasteiger partial charge on any atom is -0.460 e. The molecule has 1 heterocycles. The highest BCUT2D eigenvalue weighted by Gasteiger charge is 2.12. The van der Waals surface area contributed by atoms with Crippen molar-refractivity contribution < 1.29 is 14.1 Å². The molecule has 0 radical (unpaired) electrons. The Kier molecular flexibility index (Phi) is 4.81. The maximum atomic E-state index is 12.1. The van der Waals surface area contributed by atoms with E-state index in [2.05, 4.69) is 12.2 Å². The molecule has 4 heteroatoms. The molecule has 21 heavy (non-hydrogen) atoms. The molecule has 1 amide bonds. The van der Waals surface area contributed by atoms with Crippen molar-refractivity contribution in [2.75, 3.05) is 18.9 Å². The number of carbonyl (C=O) groups excluding carboxylic acids is 1. The number of quaternary nitrogens is 1. The van der Waals surface area contributed by atoms with Gasteiger partial charge in [-0.05, 0) is 56.2 Å². The van der Waals surface area contributed by atoms with Gasteiger partial charge in [-0.3, -0.25) is 4.79 Å². The molecule has 0 saturated carbocycles. The van der Waals surface area contributed by atoms with Gasteiger partial charge in [0, 0.05) is 5.69 Å². The average molecular weight is 287 g/mol. The number of likely N-dealkylation sites (N-methyl/N-ethyl adjacent to an activating group) is 1. The zero-order chi connectivity index (χ0) is 15.4. The third-order valence-corrected chi connectivity index (χ3v) is 3.53. The van der Waals surface area contributed by atoms with Crippen LogP contribution in [0.5, 0.6) is 0 Å². The van der Waals surface area contributed by atoms with Gasteiger partial charge in [-0.15, -0.1) is 0 Å². The van der Waals surface area contributed by atoms with E-state index in [-0.39, 0.29) is 5.91 Å². The van der Waals surface area contributed by atoms with E-state index in [1.165, 1.54) is 11.1 Å². The summed E-state index contributed by atoms with van der Waals surface area (Å²) in [5, 5.41) is 2.94. The second-order valence-electron chi connectivity index (χ2n) is 5.67. The summed E-state index contributed by atoms with van der Waals surface area (Å²) in [5.41, 5.74) is 3.26. The van der Waals surface area contributed by atoms with E-state index in [0.29, 0.717) is 13.1 Å². The van der Waals surface area contributed by atoms with Crippen LogP contribution in [0.2, 0.25) is 0 Å². The summed E-state index contributed by atoms with van der Waals surface area (Å²) < 4.78 is 5.53. The van der Waals surface area contributed by atoms with E-state index < -0.39 is 0 Å². The number of hydrogen-bond acceptors (Lipinski definition) is 2. The van der Waals surface area contributed by atoms with Crippen LogP contribution in [0, 0.1) is 20.8 Å². The second kappa shape index (κ2) is 6.59. The molecule has 0 aliphatic carbocycles. The summed E-state index contributed by atoms with van der Waals surface area (Å²) in [5.74, 6) is 1.82. The van der Waals surface area contributed by atoms with E-state index in [1.54, 1.807) is 0 Å². The molecule has 0 saturated heterocycles. The maximum absolute atomic E-state index is 12.1. The van der Waals surface area contributed by atoms with Gasteiger partial charge in [0.2, 0.25) is 0 Å². The number of carbonyl (C=O) groups is 1. The van der Waals surface area contributed by atoms with E-state index in [0.717, 1.165) is 22.1 Å². The average Bonchev–Trinajstić information content (AvgIpc) is 2.79. The highest BCUT2D eigenvalue weighted by Crippen LogP contribution is 2.13. The fourth-order valence-electron chi connectivity index (χ4n) is 2.24. The third-order valence-electron chi connectivity index (χ3n) is 3.53. The van der Waals surface area contributed by atoms with Crippen LogP contribution < -0.4 is 10.2 Å². The first kappa shape index (κ1) is 15.3. The monoisotopic (exact) mass is 287 g/mol. The largest absolute Gasteiger partial charge is 0.460 e. The molecule has 1 atom stereocenters. The quantitative estimate of drug-likeness (QED) is 0.882. The summed E-state index contributed by atoms with van der Waals surface area (Å²) in [7, 11) is 1.98. The lowest BCUT2D eigenvalue weighted by Crippen LogP contribution is -3.08. The van der Waals surface area contributed by atoms with E-state index >= 15 is 0 Å². The van der Waals surface area contributed by atoms with Crippen molar-refractivity contribution in [1.29, 1.82) is 0 Å². The molecule has 0 spiro atoms. The fraction of sp³-hybridized carbons (Fsp3) is 0.353. The lowest BCUT2D eigenvalue weighted by Gasteiger charge is -2.13. The van der Waals surface area contributed by atoms with Crippen molar-refractivity contribution in [3.8, 4) is 0 Å². The highest BCUT2D eigenvalue weighted by atomic mass is 16.3. The van der Waals surface area contributed by atoms with Crippen molar-refractivity contribution in [3.63, 3.8) is 0 Å². The van der Waals surface area contributed by atoms with Crippen LogP contribution in [0.1, 0.15) is 22.6 Å². The second-order valence-corrected chi connectivity index (χ2v) is 5.67. The molecule has 2 rings (SSSR count). The zero-order valence-corrected chi connectivity index (χ0v) is 13.1. The van der Waals surface area contributed by atoms with E-state index in [4.69, 9.17) is 4.42 Å². The molecule has 0 fully saturated rings. The Morgan fingerprint density at radius 2 is 1.90 bits per heavy atom. The molecule has 1 aromatic heterocycles. The van der Waals surface area contributed by atoms with Crippen LogP contribution >= 0.6 is 0 Å². The Bertz CT molecular complexity index is 631. The van der Waals surface area contributed by atoms with Gasteiger partial charge in [-0.1, -0.05) is 6.07 Å². The molecular formula is C17H23N2O2+. The van der Waals surface area contributed by atoms with Crippen LogP contribution in [0.3, 0.4) is 0 Å². The van der Waals surface area contributed by atoms with Crippen LogP contribution in [0.15, 0.2) is 34.7 Å². The number of nitrogens with one attached hydrogen (secondary N) is 2. The number of anilines is 1. The van der Waals surface area contributed by atoms with Gasteiger partial charge in [-0.2, -0.15) is 0 Å². The fourth-order valence-corrected chi connectivity index (χ4v) is 2.24. The molecule has 0 aliphatic heterocycles. The summed E-state index contributed by atoms with van der Waals surface area (Å²) >= 11 is 0. The van der Waals surface area contributed by atoms with Gasteiger partial charge in [0.05, 0.1) is 7.05 Å². The van der Waals surface area contributed by atoms with Crippen molar-refractivity contribution in [2.45, 2.75) is 27.3 Å². The topological polar surface area (TPSA) is 46.7 Å². The Labute approximate surface area is 125 Å². The maximum Gasteiger partial charge on any atom is 0.279 e. The van der Waals surface area contributed by atoms with Gasteiger partial charge in [-0.25, -0.2) is 0 Å². The predicted octanol–water partition coefficient (Wildman–Crippen LogP) is 1.86. The Morgan fingerprint density at radius 3 is 2.52 bits per heavy atom. The first-order valence-electron chi connectivity index (χ1n) is 7.18. The van der Waals surface area contributed by atoms with Gasteiger partial charge in [0.1, 0.15) is 12.3 Å². The van der Waals surface area contributed by atoms with Crippen molar-refractivity contribution >= 4 is 11.6 Å². The Balaban J connectivity index is 1.87. The molecule has 1 aromatic carbocycles. The van der Waals surface area contributed by atoms with Gasteiger partial charge in [0.25, 0.3) is 5.91 Å². The molecular weight excluding hydrogens is 264 g/mol. The smallest absolute Gasteiger partial charge is 0.279 e. The van der Waals surface area contributed by atoms with Gasteiger partial charge < -0.3 is 14.6 Å². The van der Waals surface area contributed by atoms with Crippen LogP contribution in [0.4, 0.5) is 5.69 Å². The zero-order valence-electron chi connectivity index (χ0n) is 13.1. The van der Waals surface area contributed by atoms with Crippen LogP contribution in [0.25, 0.3) is 0 Å². The van der Waals surface area contributed by atoms with Crippen molar-refractivity contribution in [3.05, 3.63) is 53.0 Å². The first-order chi connectivity index (χ1) is 9.94. The lowest BCUT2D eigenvalue weighted by atomic mass is 10.1. The number of amides is 1. The minimum atomic E-state index is 0.0130. The Hall–Kier alpha value is -2.07. The van der Waals surface area contributed by atoms with Crippen molar-refractivity contribution in [2.24, 2.45) is 0 Å². The van der Waals surface area contributed by atoms with Gasteiger partial charge in [0.15, 0.2) is 12.3 Å². The molecule has 0 bridgehead atoms. The lowest BCUT2D eigenvalue weighted by molar-refractivity contribution is -0.886. The summed E-state index contributed by atoms with van der Waals surface area (Å²) in [6, 6.07) is 9.86. The molecule has 1 unspecified atom stereocenters. The SMILES string of the molecule is Cc1ccc(C[NH+](C)CC(=O)Nc2ccc(C)c(C)c2)o1. The first-order valence-corrected chi connectivity index (χ1v) is 7.18. The third kappa shape index (κ3) is 4.46. The number of benzene rings is 1. The molecule has 2 N–H and O–H groups in total. The summed E-state index contributed by atoms with van der Waals surface area (Å²) in [6.45, 7) is 7.14. The highest BCUT2D eigenvalue weighted by molar-refractivity contribution is 5.91. The summed E-state index contributed by atoms with van der Waals surface area (Å²) in [6.07, 6.45) is 0. The number of furan rings is 1. The number of hydrogen-bond donors (Lipinski definition) is 2. The predicted molar refractivity (Wildman–Crippen MR) is 83.4 cm³/mol. The Morgan fingerprint density at radius 1 is 1.14 bits per heavy atom. The number of aryl methyl sites for hydroxylation is 3. The minimum absolute atomic E-state index is 0.0130.